The maximum absolute atomic E-state index is 6.26. The van der Waals surface area contributed by atoms with E-state index in [-0.39, 0.29) is 0 Å². The van der Waals surface area contributed by atoms with Gasteiger partial charge in [0, 0.05) is 35.7 Å². The van der Waals surface area contributed by atoms with Crippen LogP contribution in [-0.2, 0) is 0 Å². The Bertz CT molecular complexity index is 324. The molecule has 1 aliphatic carbocycles. The van der Waals surface area contributed by atoms with Crippen LogP contribution in [0.2, 0.25) is 0 Å². The summed E-state index contributed by atoms with van der Waals surface area (Å²) >= 11 is 2.12. The highest BCUT2D eigenvalue weighted by Crippen LogP contribution is 2.45. The molecule has 20 heavy (non-hydrogen) atoms. The molecule has 1 saturated heterocycles. The highest BCUT2D eigenvalue weighted by Gasteiger charge is 2.44. The highest BCUT2D eigenvalue weighted by atomic mass is 32.2. The van der Waals surface area contributed by atoms with E-state index in [1.165, 1.54) is 44.5 Å². The minimum absolute atomic E-state index is 0.292. The molecule has 0 unspecified atom stereocenters. The zero-order chi connectivity index (χ0) is 15.0. The van der Waals surface area contributed by atoms with Gasteiger partial charge < -0.3 is 5.73 Å². The predicted octanol–water partition coefficient (Wildman–Crippen LogP) is 3.75. The van der Waals surface area contributed by atoms with Gasteiger partial charge in [0.05, 0.1) is 0 Å². The van der Waals surface area contributed by atoms with Crippen molar-refractivity contribution in [2.75, 3.05) is 25.4 Å². The van der Waals surface area contributed by atoms with Crippen LogP contribution in [-0.4, -0.2) is 40.6 Å². The summed E-state index contributed by atoms with van der Waals surface area (Å²) in [5.74, 6) is 2.13. The molecule has 1 saturated carbocycles. The van der Waals surface area contributed by atoms with E-state index >= 15 is 0 Å². The van der Waals surface area contributed by atoms with Crippen molar-refractivity contribution >= 4 is 11.8 Å². The van der Waals surface area contributed by atoms with Gasteiger partial charge in [-0.15, -0.1) is 0 Å². The van der Waals surface area contributed by atoms with Crippen molar-refractivity contribution in [1.29, 1.82) is 0 Å². The van der Waals surface area contributed by atoms with E-state index in [2.05, 4.69) is 51.3 Å². The van der Waals surface area contributed by atoms with Crippen molar-refractivity contribution < 1.29 is 0 Å². The summed E-state index contributed by atoms with van der Waals surface area (Å²) in [5.41, 5.74) is 7.01. The lowest BCUT2D eigenvalue weighted by atomic mass is 9.66. The fourth-order valence-electron chi connectivity index (χ4n) is 4.09. The molecule has 0 bridgehead atoms. The summed E-state index contributed by atoms with van der Waals surface area (Å²) in [6, 6.07) is 0. The van der Waals surface area contributed by atoms with Gasteiger partial charge >= 0.3 is 0 Å². The molecule has 118 valence electrons. The Morgan fingerprint density at radius 1 is 1.20 bits per heavy atom. The third-order valence-corrected chi connectivity index (χ3v) is 6.91. The minimum Gasteiger partial charge on any atom is -0.329 e. The summed E-state index contributed by atoms with van der Waals surface area (Å²) in [4.78, 5) is 2.74. The van der Waals surface area contributed by atoms with Crippen molar-refractivity contribution in [3.8, 4) is 0 Å². The SMILES string of the molecule is CC1(C)CN(C2(CN)CCC(C(C)(C)C)CC2)CCS1. The number of nitrogens with two attached hydrogens (primary N) is 1. The Morgan fingerprint density at radius 2 is 1.80 bits per heavy atom. The first-order chi connectivity index (χ1) is 9.19. The number of nitrogens with zero attached hydrogens (tertiary/aromatic N) is 1. The molecule has 2 nitrogen and oxygen atoms in total. The minimum atomic E-state index is 0.292. The second kappa shape index (κ2) is 5.81. The van der Waals surface area contributed by atoms with Gasteiger partial charge in [0.1, 0.15) is 0 Å². The second-order valence-corrected chi connectivity index (χ2v) is 10.4. The average molecular weight is 299 g/mol. The monoisotopic (exact) mass is 298 g/mol. The van der Waals surface area contributed by atoms with Crippen LogP contribution in [0.4, 0.5) is 0 Å². The lowest BCUT2D eigenvalue weighted by Crippen LogP contribution is -2.61. The van der Waals surface area contributed by atoms with Crippen molar-refractivity contribution in [2.45, 2.75) is 70.6 Å². The van der Waals surface area contributed by atoms with Gasteiger partial charge in [-0.2, -0.15) is 11.8 Å². The van der Waals surface area contributed by atoms with E-state index in [0.717, 1.165) is 12.5 Å². The summed E-state index contributed by atoms with van der Waals surface area (Å²) in [6.45, 7) is 15.2. The Hall–Kier alpha value is 0.270. The first-order valence-corrected chi connectivity index (χ1v) is 9.26. The topological polar surface area (TPSA) is 29.3 Å². The first-order valence-electron chi connectivity index (χ1n) is 8.28. The van der Waals surface area contributed by atoms with E-state index in [9.17, 15) is 0 Å². The van der Waals surface area contributed by atoms with Gasteiger partial charge in [-0.25, -0.2) is 0 Å². The smallest absolute Gasteiger partial charge is 0.0332 e. The quantitative estimate of drug-likeness (QED) is 0.842. The van der Waals surface area contributed by atoms with E-state index < -0.39 is 0 Å². The van der Waals surface area contributed by atoms with Crippen molar-refractivity contribution in [3.05, 3.63) is 0 Å². The normalized spacial score (nSPS) is 36.0. The number of thioether (sulfide) groups is 1. The average Bonchev–Trinajstić information content (AvgIpc) is 2.36. The number of hydrogen-bond acceptors (Lipinski definition) is 3. The molecule has 0 aromatic carbocycles. The molecular formula is C17H34N2S. The Kier molecular flexibility index (Phi) is 4.83. The molecule has 0 amide bonds. The molecule has 0 spiro atoms. The maximum Gasteiger partial charge on any atom is 0.0332 e. The second-order valence-electron chi connectivity index (χ2n) is 8.60. The highest BCUT2D eigenvalue weighted by molar-refractivity contribution is 8.00. The van der Waals surface area contributed by atoms with Crippen LogP contribution in [0.25, 0.3) is 0 Å². The van der Waals surface area contributed by atoms with E-state index in [4.69, 9.17) is 5.73 Å². The molecule has 2 aliphatic rings. The summed E-state index contributed by atoms with van der Waals surface area (Å²) < 4.78 is 0.390. The predicted molar refractivity (Wildman–Crippen MR) is 91.3 cm³/mol. The molecule has 0 aromatic rings. The molecule has 2 rings (SSSR count). The lowest BCUT2D eigenvalue weighted by molar-refractivity contribution is 0.0183. The first kappa shape index (κ1) is 16.6. The molecule has 1 aliphatic heterocycles. The zero-order valence-electron chi connectivity index (χ0n) is 14.2. The largest absolute Gasteiger partial charge is 0.329 e. The van der Waals surface area contributed by atoms with Gasteiger partial charge in [-0.1, -0.05) is 20.8 Å². The van der Waals surface area contributed by atoms with Crippen molar-refractivity contribution in [3.63, 3.8) is 0 Å². The van der Waals surface area contributed by atoms with Crippen LogP contribution in [0.5, 0.6) is 0 Å². The van der Waals surface area contributed by atoms with Crippen LogP contribution in [0.1, 0.15) is 60.3 Å². The number of rotatable bonds is 2. The van der Waals surface area contributed by atoms with E-state index in [0.29, 0.717) is 15.7 Å². The zero-order valence-corrected chi connectivity index (χ0v) is 15.0. The van der Waals surface area contributed by atoms with Crippen LogP contribution in [0.3, 0.4) is 0 Å². The van der Waals surface area contributed by atoms with Crippen LogP contribution in [0, 0.1) is 11.3 Å². The molecule has 1 heterocycles. The van der Waals surface area contributed by atoms with Crippen molar-refractivity contribution in [1.82, 2.24) is 4.90 Å². The molecule has 2 fully saturated rings. The van der Waals surface area contributed by atoms with Gasteiger partial charge in [-0.05, 0) is 50.9 Å². The summed E-state index contributed by atoms with van der Waals surface area (Å²) in [6.07, 6.45) is 5.30. The molecule has 0 radical (unpaired) electrons. The van der Waals surface area contributed by atoms with Gasteiger partial charge in [0.2, 0.25) is 0 Å². The van der Waals surface area contributed by atoms with Gasteiger partial charge in [0.25, 0.3) is 0 Å². The van der Waals surface area contributed by atoms with E-state index in [1.54, 1.807) is 0 Å². The molecule has 0 aromatic heterocycles. The Balaban J connectivity index is 2.05. The lowest BCUT2D eigenvalue weighted by Gasteiger charge is -2.53. The molecule has 2 N–H and O–H groups in total. The van der Waals surface area contributed by atoms with Crippen LogP contribution >= 0.6 is 11.8 Å². The van der Waals surface area contributed by atoms with E-state index in [1.807, 2.05) is 0 Å². The van der Waals surface area contributed by atoms with Gasteiger partial charge in [-0.3, -0.25) is 4.90 Å². The Morgan fingerprint density at radius 3 is 2.25 bits per heavy atom. The molecule has 3 heteroatoms. The molecule has 0 atom stereocenters. The van der Waals surface area contributed by atoms with Crippen LogP contribution < -0.4 is 5.73 Å². The number of hydrogen-bond donors (Lipinski definition) is 1. The third-order valence-electron chi connectivity index (χ3n) is 5.62. The maximum atomic E-state index is 6.26. The fraction of sp³-hybridized carbons (Fsp3) is 1.00. The summed E-state index contributed by atoms with van der Waals surface area (Å²) in [7, 11) is 0. The third kappa shape index (κ3) is 3.53. The Labute approximate surface area is 130 Å². The van der Waals surface area contributed by atoms with Crippen molar-refractivity contribution in [2.24, 2.45) is 17.1 Å². The van der Waals surface area contributed by atoms with Gasteiger partial charge in [0.15, 0.2) is 0 Å². The van der Waals surface area contributed by atoms with Crippen LogP contribution in [0.15, 0.2) is 0 Å². The summed E-state index contributed by atoms with van der Waals surface area (Å²) in [5, 5.41) is 0. The fourth-order valence-corrected chi connectivity index (χ4v) is 5.20. The standard InChI is InChI=1S/C17H34N2S/c1-15(2,3)14-6-8-17(12-18,9-7-14)19-10-11-20-16(4,5)13-19/h14H,6-13,18H2,1-5H3. The molecular weight excluding hydrogens is 264 g/mol.